The van der Waals surface area contributed by atoms with Crippen molar-refractivity contribution in [3.8, 4) is 23.7 Å². The Morgan fingerprint density at radius 1 is 1.17 bits per heavy atom. The van der Waals surface area contributed by atoms with Crippen molar-refractivity contribution < 1.29 is 33.3 Å². The van der Waals surface area contributed by atoms with Gasteiger partial charge >= 0.3 is 5.97 Å². The summed E-state index contributed by atoms with van der Waals surface area (Å²) in [6.07, 6.45) is 5.50. The van der Waals surface area contributed by atoms with Gasteiger partial charge < -0.3 is 30.0 Å². The fourth-order valence-corrected chi connectivity index (χ4v) is 6.49. The number of aliphatic hydroxyl groups is 1. The Morgan fingerprint density at radius 2 is 1.94 bits per heavy atom. The first-order valence-corrected chi connectivity index (χ1v) is 16.1. The number of nitrogens with zero attached hydrogens (tertiary/aromatic N) is 1. The topological polar surface area (TPSA) is 130 Å². The monoisotopic (exact) mass is 697 g/mol. The molecule has 0 bridgehead atoms. The van der Waals surface area contributed by atoms with Gasteiger partial charge in [0, 0.05) is 28.5 Å². The van der Waals surface area contributed by atoms with E-state index in [1.165, 1.54) is 43.5 Å². The molecular formula is C36H38Cl2FN3O6. The van der Waals surface area contributed by atoms with Crippen LogP contribution in [0.3, 0.4) is 0 Å². The first-order valence-electron chi connectivity index (χ1n) is 15.4. The molecule has 3 N–H and O–H groups in total. The van der Waals surface area contributed by atoms with Gasteiger partial charge in [0.05, 0.1) is 55.3 Å². The predicted molar refractivity (Wildman–Crippen MR) is 181 cm³/mol. The van der Waals surface area contributed by atoms with Gasteiger partial charge in [-0.15, -0.1) is 0 Å². The molecule has 48 heavy (non-hydrogen) atoms. The first-order chi connectivity index (χ1) is 22.8. The van der Waals surface area contributed by atoms with Crippen LogP contribution in [0, 0.1) is 46.2 Å². The smallest absolute Gasteiger partial charge is 0.338 e. The van der Waals surface area contributed by atoms with Gasteiger partial charge in [-0.05, 0) is 48.2 Å². The standard InChI is InChI=1S/C36H38Cl2FN3O6/c1-35(2,3)20-30-36(21-40,26-12-11-25(38)19-27(26)39)31(22-6-5-7-24(37)10-8-22)32(42-30)33(44)41-28-13-9-23(18-29(28)46-4)34(45)48-17-16-47-15-14-43/h5-7,9,11-13,18-19,22,30-32,42-43H,14-17,20H2,1-4H3,(H,41,44)/t22?,30?,31?,32-,36+/m1/s1. The molecule has 1 amide bonds. The van der Waals surface area contributed by atoms with Gasteiger partial charge in [0.25, 0.3) is 0 Å². The van der Waals surface area contributed by atoms with Crippen LogP contribution < -0.4 is 15.4 Å². The number of hydrogen-bond acceptors (Lipinski definition) is 8. The van der Waals surface area contributed by atoms with Crippen LogP contribution in [0.15, 0.2) is 59.7 Å². The van der Waals surface area contributed by atoms with Crippen molar-refractivity contribution in [1.29, 1.82) is 5.26 Å². The number of ether oxygens (including phenoxy) is 3. The molecule has 254 valence electrons. The lowest BCUT2D eigenvalue weighted by molar-refractivity contribution is -0.119. The summed E-state index contributed by atoms with van der Waals surface area (Å²) in [5.41, 5.74) is -1.34. The van der Waals surface area contributed by atoms with Gasteiger partial charge in [-0.1, -0.05) is 74.0 Å². The maximum absolute atomic E-state index is 15.9. The van der Waals surface area contributed by atoms with E-state index in [4.69, 9.17) is 42.5 Å². The highest BCUT2D eigenvalue weighted by atomic mass is 35.5. The Labute approximate surface area is 290 Å². The van der Waals surface area contributed by atoms with Crippen molar-refractivity contribution in [2.75, 3.05) is 38.9 Å². The number of carbonyl (C=O) groups excluding carboxylic acids is 2. The molecule has 1 fully saturated rings. The molecule has 12 heteroatoms. The molecule has 0 spiro atoms. The van der Waals surface area contributed by atoms with Crippen molar-refractivity contribution in [1.82, 2.24) is 5.32 Å². The summed E-state index contributed by atoms with van der Waals surface area (Å²) in [7, 11) is 1.39. The molecule has 2 aromatic carbocycles. The van der Waals surface area contributed by atoms with Crippen molar-refractivity contribution in [3.63, 3.8) is 0 Å². The quantitative estimate of drug-likeness (QED) is 0.145. The number of halogens is 3. The molecule has 4 rings (SSSR count). The minimum absolute atomic E-state index is 0.0157. The maximum atomic E-state index is 15.9. The third kappa shape index (κ3) is 8.38. The van der Waals surface area contributed by atoms with Crippen LogP contribution in [0.1, 0.15) is 43.1 Å². The van der Waals surface area contributed by atoms with Crippen molar-refractivity contribution >= 4 is 40.8 Å². The molecule has 9 nitrogen and oxygen atoms in total. The van der Waals surface area contributed by atoms with Crippen LogP contribution in [0.25, 0.3) is 0 Å². The number of hydrogen-bond donors (Lipinski definition) is 3. The van der Waals surface area contributed by atoms with E-state index in [-0.39, 0.29) is 64.5 Å². The Hall–Kier alpha value is -3.90. The van der Waals surface area contributed by atoms with Crippen LogP contribution in [0.5, 0.6) is 5.75 Å². The van der Waals surface area contributed by atoms with E-state index >= 15 is 4.39 Å². The average Bonchev–Trinajstić information content (AvgIpc) is 3.19. The maximum Gasteiger partial charge on any atom is 0.338 e. The molecule has 0 radical (unpaired) electrons. The number of esters is 1. The zero-order valence-corrected chi connectivity index (χ0v) is 28.6. The van der Waals surface area contributed by atoms with Crippen LogP contribution in [-0.2, 0) is 19.7 Å². The van der Waals surface area contributed by atoms with Gasteiger partial charge in [0.15, 0.2) is 0 Å². The minimum Gasteiger partial charge on any atom is -0.495 e. The number of nitriles is 1. The van der Waals surface area contributed by atoms with Crippen molar-refractivity contribution in [3.05, 3.63) is 81.6 Å². The molecule has 0 aromatic heterocycles. The third-order valence-electron chi connectivity index (χ3n) is 8.17. The highest BCUT2D eigenvalue weighted by Gasteiger charge is 2.61. The number of benzene rings is 2. The number of rotatable bonds is 12. The van der Waals surface area contributed by atoms with E-state index in [0.717, 1.165) is 0 Å². The van der Waals surface area contributed by atoms with E-state index in [1.54, 1.807) is 18.2 Å². The molecule has 2 aliphatic rings. The highest BCUT2D eigenvalue weighted by Crippen LogP contribution is 2.51. The summed E-state index contributed by atoms with van der Waals surface area (Å²) in [5, 5.41) is 26.7. The summed E-state index contributed by atoms with van der Waals surface area (Å²) >= 11 is 12.4. The lowest BCUT2D eigenvalue weighted by Gasteiger charge is -2.38. The van der Waals surface area contributed by atoms with Gasteiger partial charge in [0.1, 0.15) is 23.6 Å². The van der Waals surface area contributed by atoms with Crippen molar-refractivity contribution in [2.45, 2.75) is 44.7 Å². The lowest BCUT2D eigenvalue weighted by Crippen LogP contribution is -2.47. The second kappa shape index (κ2) is 16.0. The van der Waals surface area contributed by atoms with Crippen LogP contribution in [0.2, 0.25) is 5.02 Å². The third-order valence-corrected chi connectivity index (χ3v) is 8.63. The van der Waals surface area contributed by atoms with E-state index in [0.29, 0.717) is 6.42 Å². The van der Waals surface area contributed by atoms with E-state index < -0.39 is 47.0 Å². The number of carbonyl (C=O) groups is 2. The fraction of sp³-hybridized carbons (Fsp3) is 0.417. The molecule has 1 saturated heterocycles. The van der Waals surface area contributed by atoms with Crippen LogP contribution in [-0.4, -0.2) is 62.6 Å². The van der Waals surface area contributed by atoms with E-state index in [1.807, 2.05) is 20.8 Å². The van der Waals surface area contributed by atoms with Crippen molar-refractivity contribution in [2.24, 2.45) is 17.3 Å². The van der Waals surface area contributed by atoms with Crippen LogP contribution in [0.4, 0.5) is 10.1 Å². The first kappa shape index (κ1) is 36.9. The number of allylic oxidation sites excluding steroid dienone is 4. The molecule has 2 aromatic rings. The molecule has 1 heterocycles. The highest BCUT2D eigenvalue weighted by molar-refractivity contribution is 6.32. The molecular weight excluding hydrogens is 660 g/mol. The molecule has 0 saturated carbocycles. The summed E-state index contributed by atoms with van der Waals surface area (Å²) in [6, 6.07) is 9.36. The Bertz CT molecular complexity index is 1690. The van der Waals surface area contributed by atoms with Gasteiger partial charge in [-0.2, -0.15) is 5.26 Å². The second-order valence-electron chi connectivity index (χ2n) is 12.7. The molecule has 5 atom stereocenters. The predicted octanol–water partition coefficient (Wildman–Crippen LogP) is 5.76. The minimum atomic E-state index is -1.57. The van der Waals surface area contributed by atoms with E-state index in [9.17, 15) is 14.9 Å². The normalized spacial score (nSPS) is 23.3. The Balaban J connectivity index is 1.75. The molecule has 1 aliphatic carbocycles. The molecule has 1 aliphatic heterocycles. The zero-order valence-electron chi connectivity index (χ0n) is 27.1. The van der Waals surface area contributed by atoms with Gasteiger partial charge in [0.2, 0.25) is 5.91 Å². The number of nitrogens with one attached hydrogen (secondary N) is 2. The lowest BCUT2D eigenvalue weighted by atomic mass is 9.61. The number of anilines is 1. The Morgan fingerprint density at radius 3 is 2.60 bits per heavy atom. The summed E-state index contributed by atoms with van der Waals surface area (Å²) < 4.78 is 31.8. The number of aliphatic hydroxyl groups excluding tert-OH is 1. The Kier molecular flexibility index (Phi) is 12.3. The number of amides is 1. The van der Waals surface area contributed by atoms with Gasteiger partial charge in [-0.3, -0.25) is 4.79 Å². The SMILES string of the molecule is COc1cc(C(=O)OCCOCCO)ccc1NC(=O)[C@@H]1NC(CC(C)(C)C)[C@](C#N)(c2ccc(Cl)cc2F)C1C1C#CC(Cl)=CC=C1. The summed E-state index contributed by atoms with van der Waals surface area (Å²) in [6.45, 7) is 6.11. The molecule has 3 unspecified atom stereocenters. The second-order valence-corrected chi connectivity index (χ2v) is 13.5. The summed E-state index contributed by atoms with van der Waals surface area (Å²) in [5.74, 6) is 2.80. The fourth-order valence-electron chi connectivity index (χ4n) is 6.20. The number of methoxy groups -OCH3 is 1. The van der Waals surface area contributed by atoms with Gasteiger partial charge in [-0.25, -0.2) is 9.18 Å². The van der Waals surface area contributed by atoms with E-state index in [2.05, 4.69) is 28.5 Å². The summed E-state index contributed by atoms with van der Waals surface area (Å²) in [4.78, 5) is 26.9. The average molecular weight is 699 g/mol. The zero-order chi connectivity index (χ0) is 35.1. The largest absolute Gasteiger partial charge is 0.495 e. The van der Waals surface area contributed by atoms with Crippen LogP contribution >= 0.6 is 23.2 Å².